The maximum absolute atomic E-state index is 13.7. The number of anilines is 1. The average molecular weight is 414 g/mol. The standard InChI is InChI=1S/C19H17ClFN7O/c1-11-8-27(10-17(29-11)12-5-24-25-6-12)19-22-3-2-15(26-19)16-7-23-18-4-14(21)13(20)9-28(16)18/h2-7,9,11,17H,8,10H2,1H3,(H,24,25)/t11-,17-/m1/s1. The summed E-state index contributed by atoms with van der Waals surface area (Å²) in [7, 11) is 0. The van der Waals surface area contributed by atoms with Gasteiger partial charge in [0.15, 0.2) is 0 Å². The third kappa shape index (κ3) is 3.32. The number of hydrogen-bond acceptors (Lipinski definition) is 6. The lowest BCUT2D eigenvalue weighted by Crippen LogP contribution is -2.43. The molecule has 1 N–H and O–H groups in total. The number of fused-ring (bicyclic) bond motifs is 1. The zero-order valence-corrected chi connectivity index (χ0v) is 16.2. The Morgan fingerprint density at radius 2 is 2.17 bits per heavy atom. The van der Waals surface area contributed by atoms with E-state index in [-0.39, 0.29) is 17.2 Å². The van der Waals surface area contributed by atoms with E-state index in [0.29, 0.717) is 36.1 Å². The van der Waals surface area contributed by atoms with Crippen LogP contribution < -0.4 is 4.90 Å². The van der Waals surface area contributed by atoms with Crippen LogP contribution in [-0.4, -0.2) is 48.7 Å². The Hall–Kier alpha value is -3.04. The van der Waals surface area contributed by atoms with E-state index in [1.165, 1.54) is 12.3 Å². The molecule has 0 aromatic carbocycles. The molecule has 5 heterocycles. The van der Waals surface area contributed by atoms with Crippen LogP contribution in [0.3, 0.4) is 0 Å². The predicted molar refractivity (Wildman–Crippen MR) is 105 cm³/mol. The van der Waals surface area contributed by atoms with Crippen LogP contribution in [0.1, 0.15) is 18.6 Å². The molecule has 4 aromatic heterocycles. The first-order valence-corrected chi connectivity index (χ1v) is 9.51. The smallest absolute Gasteiger partial charge is 0.226 e. The first-order chi connectivity index (χ1) is 14.1. The minimum atomic E-state index is -0.507. The second kappa shape index (κ2) is 7.09. The van der Waals surface area contributed by atoms with Gasteiger partial charge in [-0.25, -0.2) is 19.3 Å². The minimum absolute atomic E-state index is 0.00786. The van der Waals surface area contributed by atoms with E-state index in [1.54, 1.807) is 29.1 Å². The molecule has 1 aliphatic heterocycles. The third-order valence-electron chi connectivity index (χ3n) is 4.89. The number of halogens is 2. The molecule has 0 radical (unpaired) electrons. The summed E-state index contributed by atoms with van der Waals surface area (Å²) in [6.45, 7) is 3.30. The van der Waals surface area contributed by atoms with Gasteiger partial charge in [-0.1, -0.05) is 11.6 Å². The Morgan fingerprint density at radius 1 is 1.28 bits per heavy atom. The molecule has 0 spiro atoms. The molecule has 2 atom stereocenters. The Bertz CT molecular complexity index is 1160. The number of H-pyrrole nitrogens is 1. The van der Waals surface area contributed by atoms with Crippen molar-refractivity contribution < 1.29 is 9.13 Å². The van der Waals surface area contributed by atoms with E-state index in [0.717, 1.165) is 5.56 Å². The summed E-state index contributed by atoms with van der Waals surface area (Å²) in [4.78, 5) is 15.5. The highest BCUT2D eigenvalue weighted by Gasteiger charge is 2.28. The molecule has 0 saturated carbocycles. The van der Waals surface area contributed by atoms with Gasteiger partial charge in [0.25, 0.3) is 0 Å². The fourth-order valence-electron chi connectivity index (χ4n) is 3.54. The highest BCUT2D eigenvalue weighted by atomic mass is 35.5. The van der Waals surface area contributed by atoms with E-state index in [9.17, 15) is 4.39 Å². The van der Waals surface area contributed by atoms with Gasteiger partial charge in [-0.15, -0.1) is 0 Å². The molecule has 4 aromatic rings. The van der Waals surface area contributed by atoms with Gasteiger partial charge in [-0.3, -0.25) is 9.50 Å². The summed E-state index contributed by atoms with van der Waals surface area (Å²) in [5.41, 5.74) is 2.82. The number of ether oxygens (including phenoxy) is 1. The fourth-order valence-corrected chi connectivity index (χ4v) is 3.70. The normalized spacial score (nSPS) is 19.8. The summed E-state index contributed by atoms with van der Waals surface area (Å²) in [5, 5.41) is 6.86. The molecule has 8 nitrogen and oxygen atoms in total. The number of aromatic amines is 1. The van der Waals surface area contributed by atoms with Crippen LogP contribution in [0.5, 0.6) is 0 Å². The second-order valence-electron chi connectivity index (χ2n) is 6.95. The minimum Gasteiger partial charge on any atom is -0.367 e. The van der Waals surface area contributed by atoms with Gasteiger partial charge >= 0.3 is 0 Å². The Balaban J connectivity index is 1.49. The average Bonchev–Trinajstić information content (AvgIpc) is 3.38. The highest BCUT2D eigenvalue weighted by molar-refractivity contribution is 6.30. The quantitative estimate of drug-likeness (QED) is 0.555. The number of pyridine rings is 1. The number of nitrogens with one attached hydrogen (secondary N) is 1. The van der Waals surface area contributed by atoms with Gasteiger partial charge in [0.1, 0.15) is 17.6 Å². The largest absolute Gasteiger partial charge is 0.367 e. The molecule has 0 aliphatic carbocycles. The molecule has 0 amide bonds. The van der Waals surface area contributed by atoms with E-state index in [2.05, 4.69) is 25.1 Å². The summed E-state index contributed by atoms with van der Waals surface area (Å²) in [5.74, 6) is 0.0848. The number of imidazole rings is 1. The van der Waals surface area contributed by atoms with Crippen molar-refractivity contribution >= 4 is 23.2 Å². The number of rotatable bonds is 3. The lowest BCUT2D eigenvalue weighted by atomic mass is 10.1. The van der Waals surface area contributed by atoms with E-state index >= 15 is 0 Å². The second-order valence-corrected chi connectivity index (χ2v) is 7.36. The Kier molecular flexibility index (Phi) is 4.40. The van der Waals surface area contributed by atoms with E-state index in [4.69, 9.17) is 21.3 Å². The number of hydrogen-bond donors (Lipinski definition) is 1. The van der Waals surface area contributed by atoms with Crippen molar-refractivity contribution in [3.05, 3.63) is 59.5 Å². The maximum atomic E-state index is 13.7. The van der Waals surface area contributed by atoms with E-state index < -0.39 is 5.82 Å². The molecule has 1 saturated heterocycles. The molecule has 1 fully saturated rings. The van der Waals surface area contributed by atoms with Crippen LogP contribution in [0.15, 0.2) is 43.1 Å². The van der Waals surface area contributed by atoms with E-state index in [1.807, 2.05) is 13.1 Å². The monoisotopic (exact) mass is 413 g/mol. The van der Waals surface area contributed by atoms with Crippen LogP contribution >= 0.6 is 11.6 Å². The van der Waals surface area contributed by atoms with Crippen molar-refractivity contribution in [2.24, 2.45) is 0 Å². The topological polar surface area (TPSA) is 84.2 Å². The molecule has 5 rings (SSSR count). The zero-order valence-electron chi connectivity index (χ0n) is 15.5. The summed E-state index contributed by atoms with van der Waals surface area (Å²) in [6, 6.07) is 3.09. The van der Waals surface area contributed by atoms with Gasteiger partial charge < -0.3 is 9.64 Å². The molecule has 29 heavy (non-hydrogen) atoms. The van der Waals surface area contributed by atoms with Crippen LogP contribution in [0.4, 0.5) is 10.3 Å². The summed E-state index contributed by atoms with van der Waals surface area (Å²) < 4.78 is 21.5. The summed E-state index contributed by atoms with van der Waals surface area (Å²) in [6.07, 6.45) is 8.33. The lowest BCUT2D eigenvalue weighted by molar-refractivity contribution is -0.0178. The summed E-state index contributed by atoms with van der Waals surface area (Å²) >= 11 is 5.95. The van der Waals surface area contributed by atoms with Crippen molar-refractivity contribution in [2.45, 2.75) is 19.1 Å². The van der Waals surface area contributed by atoms with Crippen LogP contribution in [0, 0.1) is 5.82 Å². The van der Waals surface area contributed by atoms with Gasteiger partial charge in [-0.2, -0.15) is 5.10 Å². The van der Waals surface area contributed by atoms with Gasteiger partial charge in [0.05, 0.1) is 41.5 Å². The number of nitrogens with zero attached hydrogens (tertiary/aromatic N) is 6. The molecular weight excluding hydrogens is 397 g/mol. The van der Waals surface area contributed by atoms with Crippen LogP contribution in [0.25, 0.3) is 17.0 Å². The first kappa shape index (κ1) is 18.0. The molecule has 0 unspecified atom stereocenters. The number of morpholine rings is 1. The number of aromatic nitrogens is 6. The van der Waals surface area contributed by atoms with Crippen molar-refractivity contribution in [1.82, 2.24) is 29.5 Å². The molecule has 0 bridgehead atoms. The Morgan fingerprint density at radius 3 is 3.00 bits per heavy atom. The van der Waals surface area contributed by atoms with Gasteiger partial charge in [-0.05, 0) is 13.0 Å². The van der Waals surface area contributed by atoms with Crippen molar-refractivity contribution in [1.29, 1.82) is 0 Å². The lowest BCUT2D eigenvalue weighted by Gasteiger charge is -2.36. The predicted octanol–water partition coefficient (Wildman–Crippen LogP) is 3.27. The Labute approximate surface area is 170 Å². The van der Waals surface area contributed by atoms with Crippen molar-refractivity contribution in [3.63, 3.8) is 0 Å². The fraction of sp³-hybridized carbons (Fsp3) is 0.263. The van der Waals surface area contributed by atoms with Gasteiger partial charge in [0, 0.05) is 36.8 Å². The van der Waals surface area contributed by atoms with Crippen molar-refractivity contribution in [3.8, 4) is 11.4 Å². The molecule has 10 heteroatoms. The van der Waals surface area contributed by atoms with Gasteiger partial charge in [0.2, 0.25) is 5.95 Å². The highest BCUT2D eigenvalue weighted by Crippen LogP contribution is 2.28. The molecule has 1 aliphatic rings. The maximum Gasteiger partial charge on any atom is 0.226 e. The first-order valence-electron chi connectivity index (χ1n) is 9.13. The molecular formula is C19H17ClFN7O. The zero-order chi connectivity index (χ0) is 20.0. The third-order valence-corrected chi connectivity index (χ3v) is 5.17. The SMILES string of the molecule is C[C@@H]1CN(c2nccc(-c3cnc4cc(F)c(Cl)cn34)n2)C[C@H](c2cn[nH]c2)O1. The van der Waals surface area contributed by atoms with Crippen LogP contribution in [-0.2, 0) is 4.74 Å². The molecule has 148 valence electrons. The van der Waals surface area contributed by atoms with Crippen molar-refractivity contribution in [2.75, 3.05) is 18.0 Å². The van der Waals surface area contributed by atoms with Crippen LogP contribution in [0.2, 0.25) is 5.02 Å².